The lowest BCUT2D eigenvalue weighted by Gasteiger charge is -2.22. The third-order valence-corrected chi connectivity index (χ3v) is 5.01. The molecule has 4 rings (SSSR count). The third-order valence-electron chi connectivity index (χ3n) is 5.01. The number of anilines is 1. The standard InChI is InChI=1S/C18H19F3N6O4/c19-18(20,21)14(30)13-11(28)12(29)17(31-13)27-8-26-10-15(24-7-25-16(10)27)23-6-3-9-1-4-22-5-2-9/h1-2,4-5,7-8,11-14,17,28-30H,3,6H2,(H,23,24,25)/t11-,12+,13-,14?,17+/m0/s1. The maximum absolute atomic E-state index is 12.8. The van der Waals surface area contributed by atoms with Crippen LogP contribution in [0.15, 0.2) is 37.2 Å². The van der Waals surface area contributed by atoms with Crippen molar-refractivity contribution in [1.29, 1.82) is 0 Å². The number of nitrogens with one attached hydrogen (secondary N) is 1. The molecular formula is C18H19F3N6O4. The van der Waals surface area contributed by atoms with E-state index >= 15 is 0 Å². The molecule has 166 valence electrons. The molecule has 0 radical (unpaired) electrons. The van der Waals surface area contributed by atoms with Crippen LogP contribution in [0.2, 0.25) is 0 Å². The predicted molar refractivity (Wildman–Crippen MR) is 99.7 cm³/mol. The molecule has 4 N–H and O–H groups in total. The molecule has 3 aromatic rings. The molecule has 0 spiro atoms. The van der Waals surface area contributed by atoms with E-state index in [1.807, 2.05) is 12.1 Å². The lowest BCUT2D eigenvalue weighted by atomic mass is 10.1. The topological polar surface area (TPSA) is 138 Å². The van der Waals surface area contributed by atoms with Gasteiger partial charge in [-0.05, 0) is 24.1 Å². The van der Waals surface area contributed by atoms with Gasteiger partial charge >= 0.3 is 6.18 Å². The van der Waals surface area contributed by atoms with Gasteiger partial charge in [0.05, 0.1) is 6.33 Å². The minimum atomic E-state index is -5.02. The van der Waals surface area contributed by atoms with Gasteiger partial charge in [-0.1, -0.05) is 0 Å². The van der Waals surface area contributed by atoms with Crippen LogP contribution in [0.25, 0.3) is 11.2 Å². The molecule has 1 fully saturated rings. The Balaban J connectivity index is 1.53. The fraction of sp³-hybridized carbons (Fsp3) is 0.444. The number of halogens is 3. The first-order valence-corrected chi connectivity index (χ1v) is 9.34. The minimum Gasteiger partial charge on any atom is -0.387 e. The second kappa shape index (κ2) is 8.34. The summed E-state index contributed by atoms with van der Waals surface area (Å²) in [5.41, 5.74) is 1.55. The average molecular weight is 440 g/mol. The molecule has 0 aromatic carbocycles. The van der Waals surface area contributed by atoms with Gasteiger partial charge in [0.2, 0.25) is 0 Å². The van der Waals surface area contributed by atoms with Crippen molar-refractivity contribution in [3.8, 4) is 0 Å². The Kier molecular flexibility index (Phi) is 5.75. The summed E-state index contributed by atoms with van der Waals surface area (Å²) >= 11 is 0. The molecule has 31 heavy (non-hydrogen) atoms. The lowest BCUT2D eigenvalue weighted by Crippen LogP contribution is -2.46. The van der Waals surface area contributed by atoms with Gasteiger partial charge in [0.25, 0.3) is 0 Å². The van der Waals surface area contributed by atoms with Gasteiger partial charge in [0.1, 0.15) is 24.6 Å². The Bertz CT molecular complexity index is 1030. The first-order valence-electron chi connectivity index (χ1n) is 9.34. The second-order valence-electron chi connectivity index (χ2n) is 7.04. The van der Waals surface area contributed by atoms with Gasteiger partial charge in [-0.25, -0.2) is 15.0 Å². The fourth-order valence-electron chi connectivity index (χ4n) is 3.40. The molecule has 1 aliphatic rings. The molecule has 10 nitrogen and oxygen atoms in total. The Hall–Kier alpha value is -2.87. The Morgan fingerprint density at radius 3 is 2.58 bits per heavy atom. The van der Waals surface area contributed by atoms with Gasteiger partial charge in [-0.15, -0.1) is 0 Å². The van der Waals surface area contributed by atoms with Crippen molar-refractivity contribution in [2.24, 2.45) is 0 Å². The van der Waals surface area contributed by atoms with E-state index in [-0.39, 0.29) is 5.65 Å². The maximum atomic E-state index is 12.8. The van der Waals surface area contributed by atoms with Crippen molar-refractivity contribution in [3.63, 3.8) is 0 Å². The van der Waals surface area contributed by atoms with Crippen molar-refractivity contribution < 1.29 is 33.2 Å². The first-order chi connectivity index (χ1) is 14.8. The number of aromatic nitrogens is 5. The van der Waals surface area contributed by atoms with Gasteiger partial charge in [-0.2, -0.15) is 13.2 Å². The molecule has 4 heterocycles. The number of ether oxygens (including phenoxy) is 1. The minimum absolute atomic E-state index is 0.180. The summed E-state index contributed by atoms with van der Waals surface area (Å²) in [6.45, 7) is 0.518. The number of pyridine rings is 1. The summed E-state index contributed by atoms with van der Waals surface area (Å²) in [6, 6.07) is 3.75. The second-order valence-corrected chi connectivity index (χ2v) is 7.04. The zero-order valence-corrected chi connectivity index (χ0v) is 15.9. The van der Waals surface area contributed by atoms with E-state index in [1.165, 1.54) is 17.2 Å². The van der Waals surface area contributed by atoms with Crippen LogP contribution in [0, 0.1) is 0 Å². The molecule has 0 bridgehead atoms. The van der Waals surface area contributed by atoms with Crippen LogP contribution in [-0.2, 0) is 11.2 Å². The van der Waals surface area contributed by atoms with Crippen LogP contribution in [0.3, 0.4) is 0 Å². The predicted octanol–water partition coefficient (Wildman–Crippen LogP) is 0.418. The van der Waals surface area contributed by atoms with E-state index in [4.69, 9.17) is 4.74 Å². The molecule has 5 atom stereocenters. The van der Waals surface area contributed by atoms with Gasteiger partial charge in [0, 0.05) is 18.9 Å². The highest BCUT2D eigenvalue weighted by Crippen LogP contribution is 2.37. The number of hydrogen-bond acceptors (Lipinski definition) is 9. The zero-order valence-electron chi connectivity index (χ0n) is 15.9. The number of hydrogen-bond donors (Lipinski definition) is 4. The summed E-state index contributed by atoms with van der Waals surface area (Å²) < 4.78 is 44.9. The van der Waals surface area contributed by atoms with Gasteiger partial charge < -0.3 is 25.4 Å². The quantitative estimate of drug-likeness (QED) is 0.429. The molecule has 1 saturated heterocycles. The van der Waals surface area contributed by atoms with E-state index in [0.29, 0.717) is 24.3 Å². The Morgan fingerprint density at radius 1 is 1.13 bits per heavy atom. The number of alkyl halides is 3. The largest absolute Gasteiger partial charge is 0.417 e. The summed E-state index contributed by atoms with van der Waals surface area (Å²) in [4.78, 5) is 16.3. The molecule has 3 aromatic heterocycles. The summed E-state index contributed by atoms with van der Waals surface area (Å²) in [6.07, 6.45) is -8.67. The molecule has 13 heteroatoms. The SMILES string of the molecule is OC([C@H]1O[C@@H](n2cnc3c(NCCc4ccncc4)ncnc32)[C@H](O)[C@@H]1O)C(F)(F)F. The molecule has 0 amide bonds. The fourth-order valence-corrected chi connectivity index (χ4v) is 3.40. The van der Waals surface area contributed by atoms with E-state index in [9.17, 15) is 28.5 Å². The van der Waals surface area contributed by atoms with E-state index in [0.717, 1.165) is 5.56 Å². The van der Waals surface area contributed by atoms with Crippen LogP contribution < -0.4 is 5.32 Å². The summed E-state index contributed by atoms with van der Waals surface area (Å²) in [5.74, 6) is 0.387. The smallest absolute Gasteiger partial charge is 0.387 e. The number of aliphatic hydroxyl groups excluding tert-OH is 3. The molecule has 0 aliphatic carbocycles. The highest BCUT2D eigenvalue weighted by atomic mass is 19.4. The molecular weight excluding hydrogens is 421 g/mol. The zero-order chi connectivity index (χ0) is 22.2. The van der Waals surface area contributed by atoms with Crippen molar-refractivity contribution in [2.75, 3.05) is 11.9 Å². The lowest BCUT2D eigenvalue weighted by molar-refractivity contribution is -0.244. The van der Waals surface area contributed by atoms with Crippen molar-refractivity contribution in [2.45, 2.75) is 43.2 Å². The van der Waals surface area contributed by atoms with E-state index in [2.05, 4.69) is 25.3 Å². The normalized spacial score (nSPS) is 25.1. The Morgan fingerprint density at radius 2 is 1.87 bits per heavy atom. The molecule has 1 aliphatic heterocycles. The highest BCUT2D eigenvalue weighted by molar-refractivity contribution is 5.82. The number of fused-ring (bicyclic) bond motifs is 1. The van der Waals surface area contributed by atoms with Crippen LogP contribution in [0.5, 0.6) is 0 Å². The first kappa shape index (κ1) is 21.4. The van der Waals surface area contributed by atoms with Gasteiger partial charge in [-0.3, -0.25) is 9.55 Å². The van der Waals surface area contributed by atoms with Crippen LogP contribution in [0.4, 0.5) is 19.0 Å². The summed E-state index contributed by atoms with van der Waals surface area (Å²) in [5, 5.41) is 32.8. The van der Waals surface area contributed by atoms with Crippen molar-refractivity contribution >= 4 is 17.0 Å². The van der Waals surface area contributed by atoms with Crippen molar-refractivity contribution in [3.05, 3.63) is 42.7 Å². The van der Waals surface area contributed by atoms with E-state index < -0.39 is 36.8 Å². The number of rotatable bonds is 6. The summed E-state index contributed by atoms with van der Waals surface area (Å²) in [7, 11) is 0. The molecule has 1 unspecified atom stereocenters. The highest BCUT2D eigenvalue weighted by Gasteiger charge is 2.55. The van der Waals surface area contributed by atoms with E-state index in [1.54, 1.807) is 12.4 Å². The average Bonchev–Trinajstić information content (AvgIpc) is 3.29. The van der Waals surface area contributed by atoms with Crippen molar-refractivity contribution in [1.82, 2.24) is 24.5 Å². The van der Waals surface area contributed by atoms with Gasteiger partial charge in [0.15, 0.2) is 29.3 Å². The van der Waals surface area contributed by atoms with Crippen LogP contribution in [-0.4, -0.2) is 77.0 Å². The number of imidazole rings is 1. The molecule has 0 saturated carbocycles. The van der Waals surface area contributed by atoms with Crippen LogP contribution in [0.1, 0.15) is 11.8 Å². The maximum Gasteiger partial charge on any atom is 0.417 e. The number of aliphatic hydroxyl groups is 3. The Labute approximate surface area is 173 Å². The van der Waals surface area contributed by atoms with Crippen LogP contribution >= 0.6 is 0 Å². The number of nitrogens with zero attached hydrogens (tertiary/aromatic N) is 5. The monoisotopic (exact) mass is 440 g/mol. The third kappa shape index (κ3) is 4.17.